The lowest BCUT2D eigenvalue weighted by Crippen LogP contribution is -2.44. The van der Waals surface area contributed by atoms with Gasteiger partial charge in [-0.25, -0.2) is 0 Å². The van der Waals surface area contributed by atoms with Gasteiger partial charge in [0.15, 0.2) is 0 Å². The second-order valence-electron chi connectivity index (χ2n) is 5.78. The molecule has 0 spiro atoms. The molecule has 1 fully saturated rings. The van der Waals surface area contributed by atoms with Gasteiger partial charge in [0.1, 0.15) is 0 Å². The highest BCUT2D eigenvalue weighted by Gasteiger charge is 2.36. The largest absolute Gasteiger partial charge is 0.351 e. The summed E-state index contributed by atoms with van der Waals surface area (Å²) in [6, 6.07) is 10.2. The normalized spacial score (nSPS) is 19.1. The number of halogens is 1. The van der Waals surface area contributed by atoms with E-state index < -0.39 is 0 Å². The number of carbonyl (C=O) groups is 1. The molecule has 1 amide bonds. The van der Waals surface area contributed by atoms with Crippen LogP contribution in [0.3, 0.4) is 0 Å². The van der Waals surface area contributed by atoms with Crippen LogP contribution in [0, 0.1) is 5.41 Å². The van der Waals surface area contributed by atoms with Crippen molar-refractivity contribution < 1.29 is 4.79 Å². The van der Waals surface area contributed by atoms with Crippen molar-refractivity contribution in [1.82, 2.24) is 5.32 Å². The maximum Gasteiger partial charge on any atom is 0.226 e. The van der Waals surface area contributed by atoms with E-state index in [4.69, 9.17) is 11.6 Å². The van der Waals surface area contributed by atoms with Crippen LogP contribution in [0.25, 0.3) is 0 Å². The first-order valence-electron chi connectivity index (χ1n) is 7.05. The van der Waals surface area contributed by atoms with Crippen molar-refractivity contribution in [2.75, 3.05) is 5.88 Å². The molecule has 19 heavy (non-hydrogen) atoms. The van der Waals surface area contributed by atoms with E-state index in [1.165, 1.54) is 5.56 Å². The lowest BCUT2D eigenvalue weighted by Gasteiger charge is -2.26. The predicted octanol–water partition coefficient (Wildman–Crippen LogP) is 3.53. The lowest BCUT2D eigenvalue weighted by atomic mass is 9.87. The molecule has 0 aliphatic heterocycles. The molecule has 1 aliphatic rings. The fraction of sp³-hybridized carbons (Fsp3) is 0.562. The maximum absolute atomic E-state index is 12.4. The van der Waals surface area contributed by atoms with Gasteiger partial charge in [-0.05, 0) is 24.8 Å². The highest BCUT2D eigenvalue weighted by molar-refractivity contribution is 6.18. The summed E-state index contributed by atoms with van der Waals surface area (Å²) in [5, 5.41) is 3.13. The smallest absolute Gasteiger partial charge is 0.226 e. The van der Waals surface area contributed by atoms with Crippen LogP contribution < -0.4 is 5.32 Å². The third kappa shape index (κ3) is 3.73. The van der Waals surface area contributed by atoms with E-state index in [9.17, 15) is 4.79 Å². The standard InChI is InChI=1S/C16H22ClNO/c1-16(9-5-6-10-16)15(19)18-14(12-17)11-13-7-3-2-4-8-13/h2-4,7-8,14H,5-6,9-12H2,1H3,(H,18,19). The summed E-state index contributed by atoms with van der Waals surface area (Å²) in [6.07, 6.45) is 5.12. The number of amides is 1. The first kappa shape index (κ1) is 14.4. The van der Waals surface area contributed by atoms with Gasteiger partial charge in [0.05, 0.1) is 0 Å². The Morgan fingerprint density at radius 3 is 2.53 bits per heavy atom. The van der Waals surface area contributed by atoms with Crippen LogP contribution in [-0.4, -0.2) is 17.8 Å². The Bertz CT molecular complexity index is 412. The van der Waals surface area contributed by atoms with Crippen molar-refractivity contribution in [1.29, 1.82) is 0 Å². The summed E-state index contributed by atoms with van der Waals surface area (Å²) in [4.78, 5) is 12.4. The molecule has 2 rings (SSSR count). The van der Waals surface area contributed by atoms with Crippen molar-refractivity contribution in [3.63, 3.8) is 0 Å². The zero-order valence-electron chi connectivity index (χ0n) is 11.5. The highest BCUT2D eigenvalue weighted by atomic mass is 35.5. The fourth-order valence-corrected chi connectivity index (χ4v) is 2.97. The van der Waals surface area contributed by atoms with E-state index in [0.29, 0.717) is 5.88 Å². The Kier molecular flexibility index (Phi) is 4.87. The fourth-order valence-electron chi connectivity index (χ4n) is 2.78. The van der Waals surface area contributed by atoms with Crippen LogP contribution in [0.1, 0.15) is 38.2 Å². The SMILES string of the molecule is CC1(C(=O)NC(CCl)Cc2ccccc2)CCCC1. The van der Waals surface area contributed by atoms with Crippen molar-refractivity contribution in [2.45, 2.75) is 45.1 Å². The summed E-state index contributed by atoms with van der Waals surface area (Å²) in [6.45, 7) is 2.07. The second kappa shape index (κ2) is 6.42. The Morgan fingerprint density at radius 2 is 1.95 bits per heavy atom. The van der Waals surface area contributed by atoms with Crippen LogP contribution in [0.4, 0.5) is 0 Å². The molecular formula is C16H22ClNO. The quantitative estimate of drug-likeness (QED) is 0.821. The molecular weight excluding hydrogens is 258 g/mol. The molecule has 0 aromatic heterocycles. The Morgan fingerprint density at radius 1 is 1.32 bits per heavy atom. The van der Waals surface area contributed by atoms with Gasteiger partial charge in [0.25, 0.3) is 0 Å². The maximum atomic E-state index is 12.4. The average Bonchev–Trinajstić information content (AvgIpc) is 2.87. The zero-order valence-corrected chi connectivity index (χ0v) is 12.2. The van der Waals surface area contributed by atoms with E-state index in [1.54, 1.807) is 0 Å². The van der Waals surface area contributed by atoms with Gasteiger partial charge in [-0.3, -0.25) is 4.79 Å². The topological polar surface area (TPSA) is 29.1 Å². The lowest BCUT2D eigenvalue weighted by molar-refractivity contribution is -0.130. The van der Waals surface area contributed by atoms with Gasteiger partial charge < -0.3 is 5.32 Å². The monoisotopic (exact) mass is 279 g/mol. The summed E-state index contributed by atoms with van der Waals surface area (Å²) in [7, 11) is 0. The summed E-state index contributed by atoms with van der Waals surface area (Å²) < 4.78 is 0. The Balaban J connectivity index is 1.94. The van der Waals surface area contributed by atoms with Crippen molar-refractivity contribution >= 4 is 17.5 Å². The molecule has 1 aromatic rings. The number of alkyl halides is 1. The minimum atomic E-state index is -0.180. The van der Waals surface area contributed by atoms with Crippen LogP contribution in [0.15, 0.2) is 30.3 Å². The number of nitrogens with one attached hydrogen (secondary N) is 1. The average molecular weight is 280 g/mol. The molecule has 3 heteroatoms. The van der Waals surface area contributed by atoms with Crippen LogP contribution >= 0.6 is 11.6 Å². The first-order valence-corrected chi connectivity index (χ1v) is 7.58. The molecule has 1 aliphatic carbocycles. The minimum Gasteiger partial charge on any atom is -0.351 e. The Labute approximate surface area is 120 Å². The number of hydrogen-bond donors (Lipinski definition) is 1. The van der Waals surface area contributed by atoms with E-state index in [2.05, 4.69) is 24.4 Å². The molecule has 0 heterocycles. The third-order valence-electron chi connectivity index (χ3n) is 4.10. The number of carbonyl (C=O) groups excluding carboxylic acids is 1. The van der Waals surface area contributed by atoms with E-state index in [0.717, 1.165) is 32.1 Å². The van der Waals surface area contributed by atoms with Gasteiger partial charge >= 0.3 is 0 Å². The van der Waals surface area contributed by atoms with Gasteiger partial charge in [-0.1, -0.05) is 50.1 Å². The molecule has 1 atom stereocenters. The van der Waals surface area contributed by atoms with Crippen molar-refractivity contribution in [3.05, 3.63) is 35.9 Å². The van der Waals surface area contributed by atoms with Gasteiger partial charge in [0.2, 0.25) is 5.91 Å². The minimum absolute atomic E-state index is 0.0222. The van der Waals surface area contributed by atoms with Crippen LogP contribution in [0.5, 0.6) is 0 Å². The molecule has 2 nitrogen and oxygen atoms in total. The summed E-state index contributed by atoms with van der Waals surface area (Å²) >= 11 is 6.00. The molecule has 104 valence electrons. The molecule has 1 aromatic carbocycles. The van der Waals surface area contributed by atoms with Crippen LogP contribution in [-0.2, 0) is 11.2 Å². The molecule has 1 unspecified atom stereocenters. The number of rotatable bonds is 5. The number of hydrogen-bond acceptors (Lipinski definition) is 1. The molecule has 1 N–H and O–H groups in total. The van der Waals surface area contributed by atoms with Gasteiger partial charge in [-0.15, -0.1) is 11.6 Å². The van der Waals surface area contributed by atoms with Crippen molar-refractivity contribution in [2.24, 2.45) is 5.41 Å². The molecule has 0 saturated heterocycles. The zero-order chi connectivity index (χ0) is 13.7. The predicted molar refractivity (Wildman–Crippen MR) is 79.4 cm³/mol. The van der Waals surface area contributed by atoms with E-state index in [1.807, 2.05) is 18.2 Å². The molecule has 1 saturated carbocycles. The Hall–Kier alpha value is -1.02. The molecule has 0 radical (unpaired) electrons. The van der Waals surface area contributed by atoms with Gasteiger partial charge in [0, 0.05) is 17.3 Å². The summed E-state index contributed by atoms with van der Waals surface area (Å²) in [5.41, 5.74) is 1.03. The van der Waals surface area contributed by atoms with Crippen LogP contribution in [0.2, 0.25) is 0 Å². The highest BCUT2D eigenvalue weighted by Crippen LogP contribution is 2.37. The van der Waals surface area contributed by atoms with E-state index >= 15 is 0 Å². The van der Waals surface area contributed by atoms with Crippen molar-refractivity contribution in [3.8, 4) is 0 Å². The third-order valence-corrected chi connectivity index (χ3v) is 4.47. The van der Waals surface area contributed by atoms with Gasteiger partial charge in [-0.2, -0.15) is 0 Å². The second-order valence-corrected chi connectivity index (χ2v) is 6.09. The summed E-state index contributed by atoms with van der Waals surface area (Å²) in [5.74, 6) is 0.628. The number of benzene rings is 1. The first-order chi connectivity index (χ1) is 9.14. The molecule has 0 bridgehead atoms. The van der Waals surface area contributed by atoms with E-state index in [-0.39, 0.29) is 17.4 Å².